The number of methoxy groups -OCH3 is 2. The van der Waals surface area contributed by atoms with Crippen LogP contribution >= 0.6 is 55.1 Å². The van der Waals surface area contributed by atoms with E-state index in [2.05, 4.69) is 41.8 Å². The van der Waals surface area contributed by atoms with Crippen molar-refractivity contribution in [3.05, 3.63) is 44.8 Å². The van der Waals surface area contributed by atoms with Crippen molar-refractivity contribution < 1.29 is 9.47 Å². The van der Waals surface area contributed by atoms with Gasteiger partial charge in [0.1, 0.15) is 11.5 Å². The molecule has 0 atom stereocenters. The normalized spacial score (nSPS) is 11.0. The zero-order valence-corrected chi connectivity index (χ0v) is 19.7. The summed E-state index contributed by atoms with van der Waals surface area (Å²) < 4.78 is 12.5. The highest BCUT2D eigenvalue weighted by atomic mass is 79.9. The van der Waals surface area contributed by atoms with Crippen molar-refractivity contribution in [2.75, 3.05) is 44.0 Å². The second-order valence-corrected chi connectivity index (χ2v) is 7.96. The molecule has 0 saturated heterocycles. The van der Waals surface area contributed by atoms with Gasteiger partial charge in [0.15, 0.2) is 0 Å². The van der Waals surface area contributed by atoms with Crippen LogP contribution in [-0.2, 0) is 0 Å². The van der Waals surface area contributed by atoms with E-state index in [0.717, 1.165) is 37.4 Å². The summed E-state index contributed by atoms with van der Waals surface area (Å²) in [6.07, 6.45) is 1.79. The molecule has 0 N–H and O–H groups in total. The Bertz CT molecular complexity index is 774. The van der Waals surface area contributed by atoms with Gasteiger partial charge in [0.25, 0.3) is 0 Å². The van der Waals surface area contributed by atoms with Crippen molar-refractivity contribution in [1.29, 1.82) is 0 Å². The standard InChI is InChI=1S/C19H20Br2Cl2N2O2/c1-26-18-9-13(3-4-17(18)25(7-5-22)8-6-23)12-24-14-10-15(20)19(27-2)16(21)11-14/h3-4,9-12H,5-8H2,1-2H3. The Morgan fingerprint density at radius 3 is 2.15 bits per heavy atom. The van der Waals surface area contributed by atoms with E-state index in [0.29, 0.717) is 24.8 Å². The van der Waals surface area contributed by atoms with Crippen LogP contribution in [-0.4, -0.2) is 45.3 Å². The van der Waals surface area contributed by atoms with Crippen molar-refractivity contribution in [2.24, 2.45) is 4.99 Å². The number of ether oxygens (including phenoxy) is 2. The van der Waals surface area contributed by atoms with Gasteiger partial charge in [-0.05, 0) is 61.7 Å². The molecule has 0 amide bonds. The Kier molecular flexibility index (Phi) is 9.22. The zero-order chi connectivity index (χ0) is 19.8. The topological polar surface area (TPSA) is 34.1 Å². The predicted octanol–water partition coefficient (Wildman–Crippen LogP) is 6.26. The number of hydrogen-bond donors (Lipinski definition) is 0. The lowest BCUT2D eigenvalue weighted by Gasteiger charge is -2.25. The summed E-state index contributed by atoms with van der Waals surface area (Å²) >= 11 is 18.8. The number of benzene rings is 2. The molecule has 4 nitrogen and oxygen atoms in total. The fraction of sp³-hybridized carbons (Fsp3) is 0.316. The summed E-state index contributed by atoms with van der Waals surface area (Å²) in [4.78, 5) is 6.65. The van der Waals surface area contributed by atoms with Crippen LogP contribution in [0.25, 0.3) is 0 Å². The Hall–Kier alpha value is -0.950. The van der Waals surface area contributed by atoms with E-state index in [4.69, 9.17) is 32.7 Å². The highest BCUT2D eigenvalue weighted by molar-refractivity contribution is 9.11. The lowest BCUT2D eigenvalue weighted by molar-refractivity contribution is 0.409. The molecule has 0 aliphatic rings. The summed E-state index contributed by atoms with van der Waals surface area (Å²) in [7, 11) is 3.27. The van der Waals surface area contributed by atoms with Crippen LogP contribution in [0, 0.1) is 0 Å². The third kappa shape index (κ3) is 6.01. The average molecular weight is 539 g/mol. The van der Waals surface area contributed by atoms with Crippen LogP contribution in [0.15, 0.2) is 44.3 Å². The second-order valence-electron chi connectivity index (χ2n) is 5.50. The minimum Gasteiger partial charge on any atom is -0.495 e. The largest absolute Gasteiger partial charge is 0.495 e. The number of hydrogen-bond acceptors (Lipinski definition) is 4. The fourth-order valence-corrected chi connectivity index (χ4v) is 4.45. The molecule has 0 fully saturated rings. The van der Waals surface area contributed by atoms with Gasteiger partial charge < -0.3 is 14.4 Å². The first-order valence-electron chi connectivity index (χ1n) is 8.16. The molecule has 2 aromatic carbocycles. The molecule has 0 aliphatic carbocycles. The summed E-state index contributed by atoms with van der Waals surface area (Å²) in [5.74, 6) is 2.53. The maximum absolute atomic E-state index is 5.91. The van der Waals surface area contributed by atoms with Gasteiger partial charge in [-0.25, -0.2) is 0 Å². The SMILES string of the molecule is COc1cc(C=Nc2cc(Br)c(OC)c(Br)c2)ccc1N(CCCl)CCCl. The summed E-state index contributed by atoms with van der Waals surface area (Å²) in [6.45, 7) is 1.40. The van der Waals surface area contributed by atoms with Gasteiger partial charge in [-0.2, -0.15) is 0 Å². The first-order chi connectivity index (χ1) is 13.0. The minimum atomic E-state index is 0.518. The van der Waals surface area contributed by atoms with Gasteiger partial charge in [-0.3, -0.25) is 4.99 Å². The Morgan fingerprint density at radius 2 is 1.63 bits per heavy atom. The van der Waals surface area contributed by atoms with Gasteiger partial charge in [-0.1, -0.05) is 6.07 Å². The van der Waals surface area contributed by atoms with Gasteiger partial charge in [-0.15, -0.1) is 23.2 Å². The molecular weight excluding hydrogens is 519 g/mol. The molecule has 0 aliphatic heterocycles. The number of halogens is 4. The molecule has 0 radical (unpaired) electrons. The zero-order valence-electron chi connectivity index (χ0n) is 15.0. The first kappa shape index (κ1) is 22.3. The van der Waals surface area contributed by atoms with Crippen LogP contribution in [0.3, 0.4) is 0 Å². The number of anilines is 1. The van der Waals surface area contributed by atoms with Gasteiger partial charge in [0, 0.05) is 31.1 Å². The number of nitrogens with zero attached hydrogens (tertiary/aromatic N) is 2. The van der Waals surface area contributed by atoms with Crippen molar-refractivity contribution in [3.63, 3.8) is 0 Å². The maximum atomic E-state index is 5.91. The van der Waals surface area contributed by atoms with E-state index < -0.39 is 0 Å². The van der Waals surface area contributed by atoms with Crippen LogP contribution in [0.4, 0.5) is 11.4 Å². The van der Waals surface area contributed by atoms with Crippen molar-refractivity contribution >= 4 is 72.7 Å². The highest BCUT2D eigenvalue weighted by Crippen LogP contribution is 2.37. The van der Waals surface area contributed by atoms with E-state index >= 15 is 0 Å². The molecule has 2 rings (SSSR count). The molecule has 2 aromatic rings. The predicted molar refractivity (Wildman–Crippen MR) is 122 cm³/mol. The molecular formula is C19H20Br2Cl2N2O2. The summed E-state index contributed by atoms with van der Waals surface area (Å²) in [5.41, 5.74) is 2.68. The third-order valence-corrected chi connectivity index (χ3v) is 5.32. The number of aliphatic imine (C=N–C) groups is 1. The number of rotatable bonds is 9. The van der Waals surface area contributed by atoms with Crippen LogP contribution in [0.2, 0.25) is 0 Å². The maximum Gasteiger partial charge on any atom is 0.147 e. The summed E-state index contributed by atoms with van der Waals surface area (Å²) in [6, 6.07) is 9.73. The second kappa shape index (κ2) is 11.1. The monoisotopic (exact) mass is 536 g/mol. The molecule has 8 heteroatoms. The molecule has 0 spiro atoms. The summed E-state index contributed by atoms with van der Waals surface area (Å²) in [5, 5.41) is 0. The van der Waals surface area contributed by atoms with E-state index in [1.807, 2.05) is 30.3 Å². The lowest BCUT2D eigenvalue weighted by Crippen LogP contribution is -2.28. The molecule has 0 unspecified atom stereocenters. The van der Waals surface area contributed by atoms with E-state index in [1.165, 1.54) is 0 Å². The van der Waals surface area contributed by atoms with Crippen LogP contribution < -0.4 is 14.4 Å². The van der Waals surface area contributed by atoms with Crippen LogP contribution in [0.1, 0.15) is 5.56 Å². The fourth-order valence-electron chi connectivity index (χ4n) is 2.56. The van der Waals surface area contributed by atoms with Crippen molar-refractivity contribution in [3.8, 4) is 11.5 Å². The first-order valence-corrected chi connectivity index (χ1v) is 10.8. The van der Waals surface area contributed by atoms with E-state index in [1.54, 1.807) is 20.4 Å². The Balaban J connectivity index is 2.28. The number of alkyl halides is 2. The van der Waals surface area contributed by atoms with Gasteiger partial charge >= 0.3 is 0 Å². The van der Waals surface area contributed by atoms with Crippen LogP contribution in [0.5, 0.6) is 11.5 Å². The van der Waals surface area contributed by atoms with E-state index in [-0.39, 0.29) is 0 Å². The smallest absolute Gasteiger partial charge is 0.147 e. The van der Waals surface area contributed by atoms with Gasteiger partial charge in [0.05, 0.1) is 34.5 Å². The Morgan fingerprint density at radius 1 is 1.00 bits per heavy atom. The van der Waals surface area contributed by atoms with Gasteiger partial charge in [0.2, 0.25) is 0 Å². The highest BCUT2D eigenvalue weighted by Gasteiger charge is 2.12. The molecule has 27 heavy (non-hydrogen) atoms. The molecule has 0 aromatic heterocycles. The average Bonchev–Trinajstić information content (AvgIpc) is 2.66. The Labute approximate surface area is 186 Å². The molecule has 0 saturated carbocycles. The molecule has 0 heterocycles. The van der Waals surface area contributed by atoms with E-state index in [9.17, 15) is 0 Å². The quantitative estimate of drug-likeness (QED) is 0.279. The molecule has 146 valence electrons. The minimum absolute atomic E-state index is 0.518. The third-order valence-electron chi connectivity index (χ3n) is 3.80. The lowest BCUT2D eigenvalue weighted by atomic mass is 10.2. The van der Waals surface area contributed by atoms with Crippen molar-refractivity contribution in [1.82, 2.24) is 0 Å². The molecule has 0 bridgehead atoms. The van der Waals surface area contributed by atoms with Crippen molar-refractivity contribution in [2.45, 2.75) is 0 Å².